The largest absolute Gasteiger partial charge is 0.497 e. The number of ether oxygens (including phenoxy) is 2. The van der Waals surface area contributed by atoms with E-state index >= 15 is 0 Å². The number of carbonyl (C=O) groups is 1. The topological polar surface area (TPSA) is 80.7 Å². The number of hydrogen-bond acceptors (Lipinski definition) is 5. The number of benzene rings is 1. The minimum absolute atomic E-state index is 0.184. The molecule has 0 spiro atoms. The van der Waals surface area contributed by atoms with E-state index < -0.39 is 0 Å². The van der Waals surface area contributed by atoms with Crippen LogP contribution >= 0.6 is 0 Å². The van der Waals surface area contributed by atoms with Gasteiger partial charge in [0.15, 0.2) is 0 Å². The maximum absolute atomic E-state index is 12.2. The molecule has 0 fully saturated rings. The highest BCUT2D eigenvalue weighted by atomic mass is 16.5. The molecule has 1 aromatic heterocycles. The van der Waals surface area contributed by atoms with Crippen molar-refractivity contribution in [3.05, 3.63) is 47.7 Å². The van der Waals surface area contributed by atoms with Gasteiger partial charge in [-0.2, -0.15) is 0 Å². The van der Waals surface area contributed by atoms with Crippen LogP contribution in [-0.4, -0.2) is 30.2 Å². The summed E-state index contributed by atoms with van der Waals surface area (Å²) in [5, 5.41) is 11.7. The highest BCUT2D eigenvalue weighted by Crippen LogP contribution is 2.23. The van der Waals surface area contributed by atoms with Crippen LogP contribution in [0.5, 0.6) is 11.5 Å². The zero-order valence-corrected chi connectivity index (χ0v) is 11.8. The Balaban J connectivity index is 2.23. The Labute approximate surface area is 122 Å². The lowest BCUT2D eigenvalue weighted by atomic mass is 10.2. The highest BCUT2D eigenvalue weighted by Gasteiger charge is 2.11. The predicted octanol–water partition coefficient (Wildman–Crippen LogP) is 1.84. The Morgan fingerprint density at radius 1 is 1.19 bits per heavy atom. The van der Waals surface area contributed by atoms with E-state index in [4.69, 9.17) is 14.6 Å². The van der Waals surface area contributed by atoms with Crippen LogP contribution in [0.4, 0.5) is 5.82 Å². The number of amides is 1. The van der Waals surface area contributed by atoms with Gasteiger partial charge in [-0.15, -0.1) is 0 Å². The number of carbonyl (C=O) groups excluding carboxylic acids is 1. The first-order valence-corrected chi connectivity index (χ1v) is 6.27. The summed E-state index contributed by atoms with van der Waals surface area (Å²) in [4.78, 5) is 16.3. The van der Waals surface area contributed by atoms with E-state index in [-0.39, 0.29) is 12.5 Å². The summed E-state index contributed by atoms with van der Waals surface area (Å²) in [6.45, 7) is -0.184. The summed E-state index contributed by atoms with van der Waals surface area (Å²) < 4.78 is 10.3. The molecule has 2 aromatic rings. The van der Waals surface area contributed by atoms with Gasteiger partial charge in [0.2, 0.25) is 0 Å². The molecule has 0 saturated carbocycles. The van der Waals surface area contributed by atoms with Crippen LogP contribution in [0.1, 0.15) is 16.1 Å². The number of hydrogen-bond donors (Lipinski definition) is 2. The van der Waals surface area contributed by atoms with Gasteiger partial charge in [0.1, 0.15) is 17.3 Å². The van der Waals surface area contributed by atoms with Crippen LogP contribution in [0, 0.1) is 0 Å². The summed E-state index contributed by atoms with van der Waals surface area (Å²) in [5.74, 6) is 1.08. The standard InChI is InChI=1S/C15H16N2O4/c1-20-12-6-10(7-13(8-12)21-2)15(19)17-14-5-3-4-11(9-18)16-14/h3-8,18H,9H2,1-2H3,(H,16,17,19). The molecule has 21 heavy (non-hydrogen) atoms. The molecule has 2 rings (SSSR count). The second-order valence-corrected chi connectivity index (χ2v) is 4.23. The van der Waals surface area contributed by atoms with Crippen LogP contribution in [0.25, 0.3) is 0 Å². The molecule has 1 amide bonds. The van der Waals surface area contributed by atoms with E-state index in [0.717, 1.165) is 0 Å². The smallest absolute Gasteiger partial charge is 0.257 e. The predicted molar refractivity (Wildman–Crippen MR) is 77.7 cm³/mol. The quantitative estimate of drug-likeness (QED) is 0.877. The van der Waals surface area contributed by atoms with Crippen LogP contribution in [0.2, 0.25) is 0 Å². The van der Waals surface area contributed by atoms with Crippen molar-refractivity contribution in [1.29, 1.82) is 0 Å². The molecule has 0 atom stereocenters. The van der Waals surface area contributed by atoms with E-state index in [1.54, 1.807) is 36.4 Å². The third kappa shape index (κ3) is 3.70. The second-order valence-electron chi connectivity index (χ2n) is 4.23. The van der Waals surface area contributed by atoms with E-state index in [1.165, 1.54) is 14.2 Å². The molecule has 0 saturated heterocycles. The van der Waals surface area contributed by atoms with Gasteiger partial charge in [0.25, 0.3) is 5.91 Å². The van der Waals surface area contributed by atoms with Crippen molar-refractivity contribution in [2.75, 3.05) is 19.5 Å². The SMILES string of the molecule is COc1cc(OC)cc(C(=O)Nc2cccc(CO)n2)c1. The molecule has 0 bridgehead atoms. The molecule has 0 unspecified atom stereocenters. The lowest BCUT2D eigenvalue weighted by molar-refractivity contribution is 0.102. The van der Waals surface area contributed by atoms with Crippen LogP contribution in [-0.2, 0) is 6.61 Å². The average Bonchev–Trinajstić information content (AvgIpc) is 2.54. The van der Waals surface area contributed by atoms with Crippen LogP contribution in [0.3, 0.4) is 0 Å². The first-order valence-electron chi connectivity index (χ1n) is 6.27. The van der Waals surface area contributed by atoms with Gasteiger partial charge in [-0.3, -0.25) is 4.79 Å². The third-order valence-corrected chi connectivity index (χ3v) is 2.82. The molecule has 6 heteroatoms. The Morgan fingerprint density at radius 2 is 1.86 bits per heavy atom. The summed E-state index contributed by atoms with van der Waals surface area (Å²) in [6.07, 6.45) is 0. The van der Waals surface area contributed by atoms with Gasteiger partial charge >= 0.3 is 0 Å². The van der Waals surface area contributed by atoms with Crippen molar-refractivity contribution in [3.8, 4) is 11.5 Å². The number of aromatic nitrogens is 1. The molecule has 0 aliphatic heterocycles. The van der Waals surface area contributed by atoms with E-state index in [9.17, 15) is 4.79 Å². The van der Waals surface area contributed by atoms with Gasteiger partial charge in [-0.25, -0.2) is 4.98 Å². The van der Waals surface area contributed by atoms with Gasteiger partial charge in [-0.05, 0) is 24.3 Å². The molecule has 110 valence electrons. The van der Waals surface area contributed by atoms with E-state index in [0.29, 0.717) is 28.6 Å². The summed E-state index contributed by atoms with van der Waals surface area (Å²) in [7, 11) is 3.03. The number of methoxy groups -OCH3 is 2. The Morgan fingerprint density at radius 3 is 2.43 bits per heavy atom. The van der Waals surface area contributed by atoms with Crippen molar-refractivity contribution >= 4 is 11.7 Å². The number of rotatable bonds is 5. The molecule has 1 aromatic carbocycles. The lowest BCUT2D eigenvalue weighted by Crippen LogP contribution is -2.13. The van der Waals surface area contributed by atoms with Crippen LogP contribution in [0.15, 0.2) is 36.4 Å². The lowest BCUT2D eigenvalue weighted by Gasteiger charge is -2.09. The monoisotopic (exact) mass is 288 g/mol. The van der Waals surface area contributed by atoms with Crippen molar-refractivity contribution in [1.82, 2.24) is 4.98 Å². The van der Waals surface area contributed by atoms with Gasteiger partial charge in [0, 0.05) is 11.6 Å². The average molecular weight is 288 g/mol. The van der Waals surface area contributed by atoms with Gasteiger partial charge < -0.3 is 19.9 Å². The molecular formula is C15H16N2O4. The Bertz CT molecular complexity index is 621. The van der Waals surface area contributed by atoms with Crippen molar-refractivity contribution in [2.45, 2.75) is 6.61 Å². The minimum atomic E-state index is -0.338. The number of nitrogens with one attached hydrogen (secondary N) is 1. The fourth-order valence-corrected chi connectivity index (χ4v) is 1.76. The van der Waals surface area contributed by atoms with Crippen molar-refractivity contribution in [3.63, 3.8) is 0 Å². The maximum Gasteiger partial charge on any atom is 0.257 e. The number of nitrogens with zero attached hydrogens (tertiary/aromatic N) is 1. The third-order valence-electron chi connectivity index (χ3n) is 2.82. The Hall–Kier alpha value is -2.60. The second kappa shape index (κ2) is 6.71. The first-order chi connectivity index (χ1) is 10.2. The molecule has 6 nitrogen and oxygen atoms in total. The molecule has 1 heterocycles. The van der Waals surface area contributed by atoms with Crippen LogP contribution < -0.4 is 14.8 Å². The zero-order valence-electron chi connectivity index (χ0n) is 11.8. The van der Waals surface area contributed by atoms with Gasteiger partial charge in [-0.1, -0.05) is 6.07 Å². The molecule has 2 N–H and O–H groups in total. The fraction of sp³-hybridized carbons (Fsp3) is 0.200. The minimum Gasteiger partial charge on any atom is -0.497 e. The molecule has 0 aliphatic rings. The first kappa shape index (κ1) is 14.8. The highest BCUT2D eigenvalue weighted by molar-refractivity contribution is 6.04. The normalized spacial score (nSPS) is 10.0. The maximum atomic E-state index is 12.2. The molecular weight excluding hydrogens is 272 g/mol. The van der Waals surface area contributed by atoms with Crippen molar-refractivity contribution < 1.29 is 19.4 Å². The fourth-order valence-electron chi connectivity index (χ4n) is 1.76. The van der Waals surface area contributed by atoms with Gasteiger partial charge in [0.05, 0.1) is 26.5 Å². The number of aliphatic hydroxyl groups is 1. The molecule has 0 aliphatic carbocycles. The summed E-state index contributed by atoms with van der Waals surface area (Å²) >= 11 is 0. The summed E-state index contributed by atoms with van der Waals surface area (Å²) in [6, 6.07) is 9.92. The zero-order chi connectivity index (χ0) is 15.2. The van der Waals surface area contributed by atoms with E-state index in [2.05, 4.69) is 10.3 Å². The van der Waals surface area contributed by atoms with Crippen molar-refractivity contribution in [2.24, 2.45) is 0 Å². The summed E-state index contributed by atoms with van der Waals surface area (Å²) in [5.41, 5.74) is 0.874. The number of aliphatic hydroxyl groups excluding tert-OH is 1. The number of pyridine rings is 1. The van der Waals surface area contributed by atoms with E-state index in [1.807, 2.05) is 0 Å². The molecule has 0 radical (unpaired) electrons. The Kier molecular flexibility index (Phi) is 4.73. The number of anilines is 1.